The zero-order chi connectivity index (χ0) is 11.3. The first-order chi connectivity index (χ1) is 7.16. The summed E-state index contributed by atoms with van der Waals surface area (Å²) >= 11 is 0. The second-order valence-electron chi connectivity index (χ2n) is 4.55. The molecule has 0 aliphatic carbocycles. The van der Waals surface area contributed by atoms with Gasteiger partial charge in [-0.2, -0.15) is 0 Å². The number of cyclic esters (lactones) is 1. The van der Waals surface area contributed by atoms with Crippen LogP contribution in [-0.4, -0.2) is 23.8 Å². The third kappa shape index (κ3) is 3.49. The van der Waals surface area contributed by atoms with Crippen LogP contribution in [0.4, 0.5) is 0 Å². The number of carbonyl (C=O) groups excluding carboxylic acids is 1. The van der Waals surface area contributed by atoms with E-state index < -0.39 is 6.10 Å². The SMILES string of the molecule is CCCCCCC(O)C1C(=O)OCC1C. The summed E-state index contributed by atoms with van der Waals surface area (Å²) in [6, 6.07) is 0. The van der Waals surface area contributed by atoms with E-state index in [1.54, 1.807) is 0 Å². The zero-order valence-electron chi connectivity index (χ0n) is 9.74. The molecule has 88 valence electrons. The molecule has 0 radical (unpaired) electrons. The Morgan fingerprint density at radius 1 is 1.47 bits per heavy atom. The van der Waals surface area contributed by atoms with Crippen LogP contribution in [0.1, 0.15) is 46.0 Å². The van der Waals surface area contributed by atoms with E-state index >= 15 is 0 Å². The van der Waals surface area contributed by atoms with E-state index in [2.05, 4.69) is 6.92 Å². The third-order valence-electron chi connectivity index (χ3n) is 3.14. The van der Waals surface area contributed by atoms with E-state index in [0.717, 1.165) is 19.3 Å². The number of rotatable bonds is 6. The van der Waals surface area contributed by atoms with Crippen LogP contribution in [0.25, 0.3) is 0 Å². The second kappa shape index (κ2) is 6.11. The van der Waals surface area contributed by atoms with Crippen molar-refractivity contribution >= 4 is 5.97 Å². The summed E-state index contributed by atoms with van der Waals surface area (Å²) in [5.41, 5.74) is 0. The number of aliphatic hydroxyl groups excluding tert-OH is 1. The third-order valence-corrected chi connectivity index (χ3v) is 3.14. The monoisotopic (exact) mass is 214 g/mol. The van der Waals surface area contributed by atoms with Gasteiger partial charge in [-0.25, -0.2) is 0 Å². The van der Waals surface area contributed by atoms with Crippen molar-refractivity contribution in [1.29, 1.82) is 0 Å². The van der Waals surface area contributed by atoms with Gasteiger partial charge in [0.15, 0.2) is 0 Å². The normalized spacial score (nSPS) is 27.8. The van der Waals surface area contributed by atoms with Crippen molar-refractivity contribution in [3.8, 4) is 0 Å². The van der Waals surface area contributed by atoms with Crippen molar-refractivity contribution in [1.82, 2.24) is 0 Å². The molecule has 3 nitrogen and oxygen atoms in total. The maximum Gasteiger partial charge on any atom is 0.311 e. The lowest BCUT2D eigenvalue weighted by Crippen LogP contribution is -2.28. The molecule has 0 spiro atoms. The summed E-state index contributed by atoms with van der Waals surface area (Å²) in [6.07, 6.45) is 4.76. The Bertz CT molecular complexity index is 203. The van der Waals surface area contributed by atoms with E-state index in [1.807, 2.05) is 6.92 Å². The van der Waals surface area contributed by atoms with Gasteiger partial charge in [0.05, 0.1) is 18.6 Å². The first-order valence-corrected chi connectivity index (χ1v) is 6.01. The van der Waals surface area contributed by atoms with E-state index in [1.165, 1.54) is 12.8 Å². The summed E-state index contributed by atoms with van der Waals surface area (Å²) in [5, 5.41) is 9.89. The fourth-order valence-electron chi connectivity index (χ4n) is 2.14. The van der Waals surface area contributed by atoms with Crippen LogP contribution >= 0.6 is 0 Å². The largest absolute Gasteiger partial charge is 0.465 e. The number of hydrogen-bond donors (Lipinski definition) is 1. The highest BCUT2D eigenvalue weighted by Crippen LogP contribution is 2.27. The first-order valence-electron chi connectivity index (χ1n) is 6.01. The van der Waals surface area contributed by atoms with Crippen LogP contribution in [0, 0.1) is 11.8 Å². The van der Waals surface area contributed by atoms with E-state index in [4.69, 9.17) is 4.74 Å². The van der Waals surface area contributed by atoms with Crippen LogP contribution in [0.15, 0.2) is 0 Å². The van der Waals surface area contributed by atoms with Crippen molar-refractivity contribution in [2.75, 3.05) is 6.61 Å². The van der Waals surface area contributed by atoms with Gasteiger partial charge in [0, 0.05) is 5.92 Å². The standard InChI is InChI=1S/C12H22O3/c1-3-4-5-6-7-10(13)11-9(2)8-15-12(11)14/h9-11,13H,3-8H2,1-2H3. The Balaban J connectivity index is 2.26. The maximum absolute atomic E-state index is 11.3. The Kier molecular flexibility index (Phi) is 5.09. The predicted molar refractivity (Wildman–Crippen MR) is 58.4 cm³/mol. The molecule has 1 rings (SSSR count). The van der Waals surface area contributed by atoms with Crippen molar-refractivity contribution in [3.05, 3.63) is 0 Å². The summed E-state index contributed by atoms with van der Waals surface area (Å²) in [4.78, 5) is 11.3. The molecule has 0 bridgehead atoms. The van der Waals surface area contributed by atoms with E-state index in [0.29, 0.717) is 6.61 Å². The molecule has 0 amide bonds. The smallest absolute Gasteiger partial charge is 0.311 e. The minimum absolute atomic E-state index is 0.165. The fourth-order valence-corrected chi connectivity index (χ4v) is 2.14. The highest BCUT2D eigenvalue weighted by molar-refractivity contribution is 5.75. The molecule has 1 aliphatic rings. The summed E-state index contributed by atoms with van der Waals surface area (Å²) < 4.78 is 4.93. The fraction of sp³-hybridized carbons (Fsp3) is 0.917. The molecule has 15 heavy (non-hydrogen) atoms. The molecular weight excluding hydrogens is 192 g/mol. The second-order valence-corrected chi connectivity index (χ2v) is 4.55. The number of unbranched alkanes of at least 4 members (excludes halogenated alkanes) is 3. The number of esters is 1. The lowest BCUT2D eigenvalue weighted by molar-refractivity contribution is -0.144. The summed E-state index contributed by atoms with van der Waals surface area (Å²) in [6.45, 7) is 4.59. The Morgan fingerprint density at radius 3 is 2.73 bits per heavy atom. The van der Waals surface area contributed by atoms with Gasteiger partial charge < -0.3 is 9.84 Å². The average Bonchev–Trinajstić information content (AvgIpc) is 2.53. The van der Waals surface area contributed by atoms with Crippen LogP contribution in [0.5, 0.6) is 0 Å². The Morgan fingerprint density at radius 2 is 2.20 bits per heavy atom. The van der Waals surface area contributed by atoms with Crippen molar-refractivity contribution in [2.45, 2.75) is 52.1 Å². The molecule has 0 saturated carbocycles. The zero-order valence-corrected chi connectivity index (χ0v) is 9.74. The highest BCUT2D eigenvalue weighted by Gasteiger charge is 2.38. The van der Waals surface area contributed by atoms with Crippen LogP contribution < -0.4 is 0 Å². The highest BCUT2D eigenvalue weighted by atomic mass is 16.5. The molecule has 0 aromatic heterocycles. The molecule has 3 atom stereocenters. The minimum atomic E-state index is -0.508. The topological polar surface area (TPSA) is 46.5 Å². The van der Waals surface area contributed by atoms with Gasteiger partial charge in [-0.05, 0) is 6.42 Å². The molecule has 1 aliphatic heterocycles. The van der Waals surface area contributed by atoms with Crippen molar-refractivity contribution < 1.29 is 14.6 Å². The lowest BCUT2D eigenvalue weighted by atomic mass is 9.89. The quantitative estimate of drug-likeness (QED) is 0.544. The summed E-state index contributed by atoms with van der Waals surface area (Å²) in [5.74, 6) is -0.337. The molecular formula is C12H22O3. The van der Waals surface area contributed by atoms with Crippen LogP contribution in [0.2, 0.25) is 0 Å². The van der Waals surface area contributed by atoms with Crippen molar-refractivity contribution in [3.63, 3.8) is 0 Å². The molecule has 1 saturated heterocycles. The van der Waals surface area contributed by atoms with Gasteiger partial charge in [-0.3, -0.25) is 4.79 Å². The van der Waals surface area contributed by atoms with Crippen molar-refractivity contribution in [2.24, 2.45) is 11.8 Å². The van der Waals surface area contributed by atoms with Gasteiger partial charge in [-0.15, -0.1) is 0 Å². The first kappa shape index (κ1) is 12.5. The average molecular weight is 214 g/mol. The number of aliphatic hydroxyl groups is 1. The van der Waals surface area contributed by atoms with Crippen LogP contribution in [0.3, 0.4) is 0 Å². The van der Waals surface area contributed by atoms with Gasteiger partial charge in [0.25, 0.3) is 0 Å². The molecule has 0 aromatic rings. The minimum Gasteiger partial charge on any atom is -0.465 e. The van der Waals surface area contributed by atoms with Gasteiger partial charge in [-0.1, -0.05) is 39.5 Å². The van der Waals surface area contributed by atoms with Gasteiger partial charge in [0.1, 0.15) is 0 Å². The van der Waals surface area contributed by atoms with Gasteiger partial charge in [0.2, 0.25) is 0 Å². The Labute approximate surface area is 91.8 Å². The molecule has 1 N–H and O–H groups in total. The maximum atomic E-state index is 11.3. The van der Waals surface area contributed by atoms with E-state index in [9.17, 15) is 9.90 Å². The lowest BCUT2D eigenvalue weighted by Gasteiger charge is -2.17. The number of ether oxygens (including phenoxy) is 1. The predicted octanol–water partition coefficient (Wildman–Crippen LogP) is 2.13. The van der Waals surface area contributed by atoms with Crippen LogP contribution in [-0.2, 0) is 9.53 Å². The molecule has 1 heterocycles. The molecule has 0 aromatic carbocycles. The number of carbonyl (C=O) groups is 1. The molecule has 3 heteroatoms. The molecule has 1 fully saturated rings. The summed E-state index contributed by atoms with van der Waals surface area (Å²) in [7, 11) is 0. The Hall–Kier alpha value is -0.570. The van der Waals surface area contributed by atoms with Gasteiger partial charge >= 0.3 is 5.97 Å². The molecule has 3 unspecified atom stereocenters. The van der Waals surface area contributed by atoms with E-state index in [-0.39, 0.29) is 17.8 Å². The number of hydrogen-bond acceptors (Lipinski definition) is 3.